The number of thioether (sulfide) groups is 1. The maximum atomic E-state index is 11.6. The highest BCUT2D eigenvalue weighted by atomic mass is 35.5. The molecule has 2 amide bonds. The Morgan fingerprint density at radius 3 is 2.48 bits per heavy atom. The molecule has 3 rings (SSSR count). The number of esters is 1. The van der Waals surface area contributed by atoms with Gasteiger partial charge >= 0.3 is 5.97 Å². The number of carbonyl (C=O) groups excluding carboxylic acids is 3. The molecule has 0 aliphatic carbocycles. The first kappa shape index (κ1) is 20.9. The van der Waals surface area contributed by atoms with Gasteiger partial charge in [0.25, 0.3) is 11.1 Å². The highest BCUT2D eigenvalue weighted by molar-refractivity contribution is 8.18. The van der Waals surface area contributed by atoms with Crippen LogP contribution in [0.4, 0.5) is 4.79 Å². The molecule has 1 aliphatic heterocycles. The number of hydrogen-bond acceptors (Lipinski definition) is 7. The number of halogens is 1. The van der Waals surface area contributed by atoms with E-state index in [1.807, 2.05) is 12.1 Å². The molecule has 2 aromatic rings. The van der Waals surface area contributed by atoms with E-state index >= 15 is 0 Å². The average molecular weight is 433 g/mol. The summed E-state index contributed by atoms with van der Waals surface area (Å²) in [4.78, 5) is 34.6. The lowest BCUT2D eigenvalue weighted by atomic mass is 10.1. The third-order valence-electron chi connectivity index (χ3n) is 4.02. The van der Waals surface area contributed by atoms with Crippen LogP contribution >= 0.6 is 23.4 Å². The highest BCUT2D eigenvalue weighted by Gasteiger charge is 2.25. The summed E-state index contributed by atoms with van der Waals surface area (Å²) >= 11 is 7.10. The molecular formula is C20H17ClN2O5S. The second-order valence-electron chi connectivity index (χ2n) is 6.12. The minimum atomic E-state index is -0.720. The fourth-order valence-electron chi connectivity index (χ4n) is 2.57. The van der Waals surface area contributed by atoms with Crippen molar-refractivity contribution in [1.82, 2.24) is 5.32 Å². The van der Waals surface area contributed by atoms with Crippen LogP contribution in [0.3, 0.4) is 0 Å². The van der Waals surface area contributed by atoms with Crippen molar-refractivity contribution in [3.05, 3.63) is 63.5 Å². The molecule has 1 saturated heterocycles. The van der Waals surface area contributed by atoms with Crippen LogP contribution in [0.5, 0.6) is 11.5 Å². The minimum absolute atomic E-state index is 0.284. The largest absolute Gasteiger partial charge is 0.468 e. The first-order valence-electron chi connectivity index (χ1n) is 8.50. The van der Waals surface area contributed by atoms with Gasteiger partial charge in [-0.1, -0.05) is 23.7 Å². The molecule has 150 valence electrons. The van der Waals surface area contributed by atoms with Crippen molar-refractivity contribution in [1.29, 1.82) is 0 Å². The number of nitrogens with two attached hydrogens (primary N) is 1. The molecule has 0 unspecified atom stereocenters. The molecule has 1 aliphatic rings. The number of benzene rings is 2. The van der Waals surface area contributed by atoms with Crippen LogP contribution in [-0.2, 0) is 20.7 Å². The Bertz CT molecular complexity index is 991. The first-order chi connectivity index (χ1) is 13.9. The topological polar surface area (TPSA) is 108 Å². The molecule has 0 bridgehead atoms. The van der Waals surface area contributed by atoms with Crippen LogP contribution in [0.25, 0.3) is 6.08 Å². The Labute approximate surface area is 176 Å². The van der Waals surface area contributed by atoms with Crippen molar-refractivity contribution in [3.63, 3.8) is 0 Å². The van der Waals surface area contributed by atoms with Gasteiger partial charge in [0.15, 0.2) is 0 Å². The van der Waals surface area contributed by atoms with Gasteiger partial charge in [-0.3, -0.25) is 19.7 Å². The van der Waals surface area contributed by atoms with E-state index < -0.39 is 23.2 Å². The number of nitrogens with one attached hydrogen (secondary N) is 1. The lowest BCUT2D eigenvalue weighted by molar-refractivity contribution is -0.142. The summed E-state index contributed by atoms with van der Waals surface area (Å²) in [6, 6.07) is 11.4. The van der Waals surface area contributed by atoms with Gasteiger partial charge in [-0.05, 0) is 65.7 Å². The van der Waals surface area contributed by atoms with Crippen molar-refractivity contribution in [2.75, 3.05) is 7.11 Å². The standard InChI is InChI=1S/C20H17ClN2O5S/c1-27-19(25)16(22)8-11-2-5-13(6-3-11)28-14-7-4-12(15(21)10-14)9-17-18(24)23-20(26)29-17/h2-7,9-10,16H,8,22H2,1H3,(H,23,24,26)/b17-9-/t16-/m0/s1. The molecule has 0 saturated carbocycles. The third-order valence-corrected chi connectivity index (χ3v) is 5.16. The van der Waals surface area contributed by atoms with Gasteiger partial charge in [-0.25, -0.2) is 0 Å². The van der Waals surface area contributed by atoms with Gasteiger partial charge in [0.05, 0.1) is 17.0 Å². The van der Waals surface area contributed by atoms with E-state index in [0.29, 0.717) is 28.5 Å². The summed E-state index contributed by atoms with van der Waals surface area (Å²) in [5.74, 6) is 0.186. The summed E-state index contributed by atoms with van der Waals surface area (Å²) < 4.78 is 10.4. The molecular weight excluding hydrogens is 416 g/mol. The number of hydrogen-bond donors (Lipinski definition) is 2. The Morgan fingerprint density at radius 2 is 1.90 bits per heavy atom. The molecule has 3 N–H and O–H groups in total. The third kappa shape index (κ3) is 5.38. The van der Waals surface area contributed by atoms with Gasteiger partial charge in [0.1, 0.15) is 17.5 Å². The van der Waals surface area contributed by atoms with Gasteiger partial charge < -0.3 is 15.2 Å². The van der Waals surface area contributed by atoms with Crippen LogP contribution in [0.15, 0.2) is 47.4 Å². The van der Waals surface area contributed by atoms with Gasteiger partial charge in [-0.2, -0.15) is 0 Å². The smallest absolute Gasteiger partial charge is 0.322 e. The molecule has 1 atom stereocenters. The quantitative estimate of drug-likeness (QED) is 0.531. The minimum Gasteiger partial charge on any atom is -0.468 e. The van der Waals surface area contributed by atoms with Crippen molar-refractivity contribution >= 4 is 46.6 Å². The second kappa shape index (κ2) is 9.13. The summed E-state index contributed by atoms with van der Waals surface area (Å²) in [5, 5.41) is 2.16. The van der Waals surface area contributed by atoms with Crippen LogP contribution in [-0.4, -0.2) is 30.3 Å². The highest BCUT2D eigenvalue weighted by Crippen LogP contribution is 2.31. The molecule has 0 spiro atoms. The van der Waals surface area contributed by atoms with Crippen molar-refractivity contribution in [3.8, 4) is 11.5 Å². The number of methoxy groups -OCH3 is 1. The number of amides is 2. The maximum Gasteiger partial charge on any atom is 0.322 e. The van der Waals surface area contributed by atoms with Crippen LogP contribution in [0, 0.1) is 0 Å². The van der Waals surface area contributed by atoms with Crippen molar-refractivity contribution in [2.45, 2.75) is 12.5 Å². The van der Waals surface area contributed by atoms with E-state index in [0.717, 1.165) is 17.3 Å². The molecule has 29 heavy (non-hydrogen) atoms. The summed E-state index contributed by atoms with van der Waals surface area (Å²) in [6.45, 7) is 0. The fraction of sp³-hybridized carbons (Fsp3) is 0.150. The van der Waals surface area contributed by atoms with E-state index in [9.17, 15) is 14.4 Å². The van der Waals surface area contributed by atoms with E-state index in [-0.39, 0.29) is 4.91 Å². The molecule has 1 fully saturated rings. The van der Waals surface area contributed by atoms with Crippen LogP contribution in [0.1, 0.15) is 11.1 Å². The summed E-state index contributed by atoms with van der Waals surface area (Å²) in [7, 11) is 1.30. The lowest BCUT2D eigenvalue weighted by Gasteiger charge is -2.11. The Morgan fingerprint density at radius 1 is 1.21 bits per heavy atom. The van der Waals surface area contributed by atoms with Gasteiger partial charge in [0, 0.05) is 0 Å². The zero-order chi connectivity index (χ0) is 21.0. The maximum absolute atomic E-state index is 11.6. The van der Waals surface area contributed by atoms with Gasteiger partial charge in [0.2, 0.25) is 0 Å². The van der Waals surface area contributed by atoms with Crippen molar-refractivity contribution in [2.24, 2.45) is 5.73 Å². The first-order valence-corrected chi connectivity index (χ1v) is 9.70. The predicted octanol–water partition coefficient (Wildman–Crippen LogP) is 3.50. The number of rotatable bonds is 6. The van der Waals surface area contributed by atoms with Crippen LogP contribution in [0.2, 0.25) is 5.02 Å². The van der Waals surface area contributed by atoms with Crippen LogP contribution < -0.4 is 15.8 Å². The van der Waals surface area contributed by atoms with E-state index in [1.54, 1.807) is 36.4 Å². The summed E-state index contributed by atoms with van der Waals surface area (Å²) in [5.41, 5.74) is 7.22. The molecule has 7 nitrogen and oxygen atoms in total. The zero-order valence-corrected chi connectivity index (χ0v) is 16.9. The van der Waals surface area contributed by atoms with Crippen molar-refractivity contribution < 1.29 is 23.9 Å². The molecule has 9 heteroatoms. The SMILES string of the molecule is COC(=O)[C@@H](N)Cc1ccc(Oc2ccc(/C=C3\SC(=O)NC3=O)c(Cl)c2)cc1. The fourth-order valence-corrected chi connectivity index (χ4v) is 3.47. The average Bonchev–Trinajstić information content (AvgIpc) is 3.01. The number of imide groups is 1. The second-order valence-corrected chi connectivity index (χ2v) is 7.54. The molecule has 0 radical (unpaired) electrons. The molecule has 2 aromatic carbocycles. The Kier molecular flexibility index (Phi) is 6.58. The van der Waals surface area contributed by atoms with E-state index in [4.69, 9.17) is 22.1 Å². The number of carbonyl (C=O) groups is 3. The number of ether oxygens (including phenoxy) is 2. The Hall–Kier alpha value is -2.81. The lowest BCUT2D eigenvalue weighted by Crippen LogP contribution is -2.33. The monoisotopic (exact) mass is 432 g/mol. The van der Waals surface area contributed by atoms with E-state index in [1.165, 1.54) is 7.11 Å². The Balaban J connectivity index is 1.67. The summed E-state index contributed by atoms with van der Waals surface area (Å²) in [6.07, 6.45) is 1.91. The zero-order valence-electron chi connectivity index (χ0n) is 15.3. The molecule has 0 aromatic heterocycles. The normalized spacial score (nSPS) is 15.9. The van der Waals surface area contributed by atoms with Gasteiger partial charge in [-0.15, -0.1) is 0 Å². The molecule has 1 heterocycles. The van der Waals surface area contributed by atoms with E-state index in [2.05, 4.69) is 10.1 Å². The predicted molar refractivity (Wildman–Crippen MR) is 111 cm³/mol.